The van der Waals surface area contributed by atoms with Crippen molar-refractivity contribution in [2.45, 2.75) is 38.0 Å². The first-order valence-corrected chi connectivity index (χ1v) is 10.3. The molecular formula is C21H24N4O3S. The van der Waals surface area contributed by atoms with Crippen LogP contribution < -0.4 is 11.1 Å². The third-order valence-corrected chi connectivity index (χ3v) is 5.32. The third kappa shape index (κ3) is 5.14. The van der Waals surface area contributed by atoms with Gasteiger partial charge in [0.2, 0.25) is 17.7 Å². The highest BCUT2D eigenvalue weighted by Gasteiger charge is 2.33. The summed E-state index contributed by atoms with van der Waals surface area (Å²) in [5.74, 6) is -0.231. The number of nitrogens with two attached hydrogens (primary N) is 1. The Hall–Kier alpha value is -2.87. The molecule has 2 aromatic carbocycles. The van der Waals surface area contributed by atoms with Crippen LogP contribution in [0.15, 0.2) is 52.1 Å². The fourth-order valence-corrected chi connectivity index (χ4v) is 3.77. The van der Waals surface area contributed by atoms with Gasteiger partial charge in [0.05, 0.1) is 5.75 Å². The lowest BCUT2D eigenvalue weighted by Crippen LogP contribution is -2.56. The van der Waals surface area contributed by atoms with E-state index in [0.29, 0.717) is 12.3 Å². The van der Waals surface area contributed by atoms with E-state index in [-0.39, 0.29) is 22.8 Å². The maximum atomic E-state index is 12.3. The number of fused-ring (bicyclic) bond motifs is 1. The zero-order valence-corrected chi connectivity index (χ0v) is 17.5. The summed E-state index contributed by atoms with van der Waals surface area (Å²) in [6, 6.07) is 13.9. The van der Waals surface area contributed by atoms with Gasteiger partial charge in [0.1, 0.15) is 5.54 Å². The second-order valence-electron chi connectivity index (χ2n) is 7.57. The summed E-state index contributed by atoms with van der Waals surface area (Å²) < 4.78 is 5.68. The van der Waals surface area contributed by atoms with Crippen LogP contribution in [0.25, 0.3) is 22.2 Å². The van der Waals surface area contributed by atoms with Gasteiger partial charge in [-0.15, -0.1) is 10.2 Å². The maximum absolute atomic E-state index is 12.3. The van der Waals surface area contributed by atoms with E-state index < -0.39 is 11.4 Å². The molecule has 0 radical (unpaired) electrons. The van der Waals surface area contributed by atoms with E-state index in [2.05, 4.69) is 15.5 Å². The molecule has 0 bridgehead atoms. The zero-order valence-electron chi connectivity index (χ0n) is 16.6. The lowest BCUT2D eigenvalue weighted by molar-refractivity contribution is -0.130. The average molecular weight is 413 g/mol. The van der Waals surface area contributed by atoms with Gasteiger partial charge >= 0.3 is 0 Å². The Balaban J connectivity index is 1.64. The fraction of sp³-hybridized carbons (Fsp3) is 0.333. The first kappa shape index (κ1) is 20.9. The van der Waals surface area contributed by atoms with E-state index in [1.807, 2.05) is 56.3 Å². The molecule has 0 aliphatic heterocycles. The Morgan fingerprint density at radius 1 is 1.17 bits per heavy atom. The van der Waals surface area contributed by atoms with Gasteiger partial charge in [-0.1, -0.05) is 55.9 Å². The summed E-state index contributed by atoms with van der Waals surface area (Å²) in [6.45, 7) is 5.58. The summed E-state index contributed by atoms with van der Waals surface area (Å²) in [4.78, 5) is 24.1. The highest BCUT2D eigenvalue weighted by Crippen LogP contribution is 2.26. The molecule has 0 saturated heterocycles. The largest absolute Gasteiger partial charge is 0.411 e. The first-order valence-electron chi connectivity index (χ1n) is 9.33. The number of nitrogens with one attached hydrogen (secondary N) is 1. The monoisotopic (exact) mass is 412 g/mol. The lowest BCUT2D eigenvalue weighted by Gasteiger charge is -2.29. The van der Waals surface area contributed by atoms with Crippen molar-refractivity contribution in [1.82, 2.24) is 15.5 Å². The smallest absolute Gasteiger partial charge is 0.277 e. The molecular weight excluding hydrogens is 388 g/mol. The highest BCUT2D eigenvalue weighted by molar-refractivity contribution is 7.99. The minimum Gasteiger partial charge on any atom is -0.411 e. The minimum atomic E-state index is -1.09. The molecule has 8 heteroatoms. The number of aromatic nitrogens is 2. The lowest BCUT2D eigenvalue weighted by atomic mass is 9.90. The predicted molar refractivity (Wildman–Crippen MR) is 113 cm³/mol. The molecule has 3 N–H and O–H groups in total. The number of carbonyl (C=O) groups excluding carboxylic acids is 2. The Labute approximate surface area is 173 Å². The molecule has 0 saturated carbocycles. The van der Waals surface area contributed by atoms with Gasteiger partial charge in [0.25, 0.3) is 5.22 Å². The highest BCUT2D eigenvalue weighted by atomic mass is 32.2. The Morgan fingerprint density at radius 3 is 2.59 bits per heavy atom. The molecule has 1 atom stereocenters. The molecule has 7 nitrogen and oxygen atoms in total. The molecule has 0 aliphatic carbocycles. The number of rotatable bonds is 8. The van der Waals surface area contributed by atoms with Crippen LogP contribution in [0.1, 0.15) is 27.2 Å². The molecule has 0 fully saturated rings. The molecule has 2 amide bonds. The number of nitrogens with zero attached hydrogens (tertiary/aromatic N) is 2. The van der Waals surface area contributed by atoms with Crippen molar-refractivity contribution in [2.75, 3.05) is 5.75 Å². The number of amides is 2. The quantitative estimate of drug-likeness (QED) is 0.549. The van der Waals surface area contributed by atoms with Crippen LogP contribution in [0.5, 0.6) is 0 Å². The van der Waals surface area contributed by atoms with E-state index in [0.717, 1.165) is 28.1 Å². The molecule has 0 aliphatic rings. The molecule has 152 valence electrons. The minimum absolute atomic E-state index is 0.0420. The van der Waals surface area contributed by atoms with Crippen molar-refractivity contribution >= 4 is 34.3 Å². The summed E-state index contributed by atoms with van der Waals surface area (Å²) in [5.41, 5.74) is 5.21. The van der Waals surface area contributed by atoms with Gasteiger partial charge in [-0.2, -0.15) is 0 Å². The Kier molecular flexibility index (Phi) is 6.22. The zero-order chi connectivity index (χ0) is 21.0. The number of hydrogen-bond donors (Lipinski definition) is 2. The van der Waals surface area contributed by atoms with Crippen LogP contribution in [-0.2, 0) is 9.59 Å². The first-order chi connectivity index (χ1) is 13.8. The number of benzene rings is 2. The number of primary amides is 1. The van der Waals surface area contributed by atoms with Crippen molar-refractivity contribution in [2.24, 2.45) is 11.7 Å². The maximum Gasteiger partial charge on any atom is 0.277 e. The standard InChI is InChI=1S/C21H24N4O3S/c1-13(2)11-21(3,19(22)27)23-17(26)12-29-20-25-24-18(28-20)16-9-8-14-6-4-5-7-15(14)10-16/h4-10,13H,11-12H2,1-3H3,(H2,22,27)(H,23,26). The summed E-state index contributed by atoms with van der Waals surface area (Å²) in [7, 11) is 0. The Morgan fingerprint density at radius 2 is 1.90 bits per heavy atom. The predicted octanol–water partition coefficient (Wildman–Crippen LogP) is 3.39. The third-order valence-electron chi connectivity index (χ3n) is 4.51. The number of carbonyl (C=O) groups is 2. The van der Waals surface area contributed by atoms with Gasteiger partial charge in [0.15, 0.2) is 0 Å². The summed E-state index contributed by atoms with van der Waals surface area (Å²) in [6.07, 6.45) is 0.464. The number of hydrogen-bond acceptors (Lipinski definition) is 6. The van der Waals surface area contributed by atoms with E-state index in [1.54, 1.807) is 6.92 Å². The fourth-order valence-electron chi connectivity index (χ4n) is 3.21. The van der Waals surface area contributed by atoms with E-state index in [1.165, 1.54) is 0 Å². The van der Waals surface area contributed by atoms with Crippen LogP contribution in [0.2, 0.25) is 0 Å². The van der Waals surface area contributed by atoms with Crippen LogP contribution in [0, 0.1) is 5.92 Å². The van der Waals surface area contributed by atoms with Crippen LogP contribution in [-0.4, -0.2) is 33.3 Å². The van der Waals surface area contributed by atoms with E-state index in [4.69, 9.17) is 10.2 Å². The normalized spacial score (nSPS) is 13.4. The molecule has 29 heavy (non-hydrogen) atoms. The van der Waals surface area contributed by atoms with Crippen molar-refractivity contribution in [3.8, 4) is 11.5 Å². The number of thioether (sulfide) groups is 1. The van der Waals surface area contributed by atoms with E-state index >= 15 is 0 Å². The van der Waals surface area contributed by atoms with E-state index in [9.17, 15) is 9.59 Å². The SMILES string of the molecule is CC(C)CC(C)(NC(=O)CSc1nnc(-c2ccc3ccccc3c2)o1)C(N)=O. The Bertz CT molecular complexity index is 1030. The summed E-state index contributed by atoms with van der Waals surface area (Å²) in [5, 5.41) is 13.3. The van der Waals surface area contributed by atoms with Crippen molar-refractivity contribution in [1.29, 1.82) is 0 Å². The molecule has 1 heterocycles. The molecule has 0 spiro atoms. The molecule has 3 rings (SSSR count). The van der Waals surface area contributed by atoms with Gasteiger partial charge < -0.3 is 15.5 Å². The second-order valence-corrected chi connectivity index (χ2v) is 8.49. The van der Waals surface area contributed by atoms with Crippen molar-refractivity contribution in [3.63, 3.8) is 0 Å². The molecule has 1 aromatic heterocycles. The van der Waals surface area contributed by atoms with Crippen molar-refractivity contribution < 1.29 is 14.0 Å². The van der Waals surface area contributed by atoms with Gasteiger partial charge in [-0.3, -0.25) is 9.59 Å². The van der Waals surface area contributed by atoms with Gasteiger partial charge in [0, 0.05) is 5.56 Å². The molecule has 1 unspecified atom stereocenters. The average Bonchev–Trinajstić information content (AvgIpc) is 3.14. The van der Waals surface area contributed by atoms with Crippen LogP contribution >= 0.6 is 11.8 Å². The topological polar surface area (TPSA) is 111 Å². The van der Waals surface area contributed by atoms with Crippen LogP contribution in [0.3, 0.4) is 0 Å². The van der Waals surface area contributed by atoms with Gasteiger partial charge in [-0.05, 0) is 42.2 Å². The van der Waals surface area contributed by atoms with Crippen molar-refractivity contribution in [3.05, 3.63) is 42.5 Å². The van der Waals surface area contributed by atoms with Crippen LogP contribution in [0.4, 0.5) is 0 Å². The molecule has 3 aromatic rings. The summed E-state index contributed by atoms with van der Waals surface area (Å²) >= 11 is 1.11. The second kappa shape index (κ2) is 8.65. The van der Waals surface area contributed by atoms with Gasteiger partial charge in [-0.25, -0.2) is 0 Å².